The molecule has 25 heavy (non-hydrogen) atoms. The molecule has 0 bridgehead atoms. The Labute approximate surface area is 148 Å². The lowest BCUT2D eigenvalue weighted by molar-refractivity contribution is 0.0697. The van der Waals surface area contributed by atoms with Gasteiger partial charge in [-0.3, -0.25) is 4.31 Å². The summed E-state index contributed by atoms with van der Waals surface area (Å²) in [6, 6.07) is 2.74. The molecular formula is C16H25N3O5S. The fourth-order valence-corrected chi connectivity index (χ4v) is 2.99. The molecule has 1 heterocycles. The molecule has 1 fully saturated rings. The highest BCUT2D eigenvalue weighted by molar-refractivity contribution is 7.92. The molecule has 1 saturated carbocycles. The summed E-state index contributed by atoms with van der Waals surface area (Å²) in [5.74, 6) is 0.567. The van der Waals surface area contributed by atoms with Crippen molar-refractivity contribution in [2.45, 2.75) is 13.3 Å². The van der Waals surface area contributed by atoms with Crippen LogP contribution in [0.15, 0.2) is 12.1 Å². The zero-order valence-electron chi connectivity index (χ0n) is 15.0. The van der Waals surface area contributed by atoms with Crippen LogP contribution in [-0.4, -0.2) is 64.6 Å². The molecule has 1 aliphatic carbocycles. The van der Waals surface area contributed by atoms with E-state index in [1.54, 1.807) is 7.11 Å². The van der Waals surface area contributed by atoms with Gasteiger partial charge in [0, 0.05) is 27.2 Å². The lowest BCUT2D eigenvalue weighted by Crippen LogP contribution is -2.32. The second-order valence-electron chi connectivity index (χ2n) is 6.52. The molecule has 140 valence electrons. The number of carboxylic acid groups (broad SMARTS) is 1. The number of nitrogens with zero attached hydrogens (tertiary/aromatic N) is 3. The molecule has 8 nitrogen and oxygen atoms in total. The van der Waals surface area contributed by atoms with Gasteiger partial charge in [0.1, 0.15) is 11.6 Å². The van der Waals surface area contributed by atoms with Crippen molar-refractivity contribution in [2.75, 3.05) is 49.3 Å². The number of ether oxygens (including phenoxy) is 1. The molecule has 0 aromatic carbocycles. The van der Waals surface area contributed by atoms with E-state index >= 15 is 0 Å². The zero-order valence-corrected chi connectivity index (χ0v) is 15.8. The molecule has 1 N–H and O–H groups in total. The number of sulfonamides is 1. The molecule has 1 aliphatic rings. The Morgan fingerprint density at radius 3 is 2.48 bits per heavy atom. The van der Waals surface area contributed by atoms with E-state index in [0.717, 1.165) is 23.5 Å². The van der Waals surface area contributed by atoms with Crippen LogP contribution in [0.2, 0.25) is 0 Å². The summed E-state index contributed by atoms with van der Waals surface area (Å²) in [5.41, 5.74) is 0.00163. The Balaban J connectivity index is 2.41. The molecule has 0 spiro atoms. The first kappa shape index (κ1) is 19.5. The minimum absolute atomic E-state index is 0.00163. The van der Waals surface area contributed by atoms with Crippen molar-refractivity contribution >= 4 is 27.6 Å². The summed E-state index contributed by atoms with van der Waals surface area (Å²) in [7, 11) is -0.587. The molecule has 0 aliphatic heterocycles. The Morgan fingerprint density at radius 1 is 1.40 bits per heavy atom. The average Bonchev–Trinajstić information content (AvgIpc) is 3.24. The first-order chi connectivity index (χ1) is 11.6. The number of methoxy groups -OCH3 is 1. The van der Waals surface area contributed by atoms with Gasteiger partial charge >= 0.3 is 5.97 Å². The highest BCUT2D eigenvalue weighted by atomic mass is 32.2. The van der Waals surface area contributed by atoms with Crippen LogP contribution < -0.4 is 9.21 Å². The van der Waals surface area contributed by atoms with E-state index < -0.39 is 16.0 Å². The molecule has 0 radical (unpaired) electrons. The van der Waals surface area contributed by atoms with Gasteiger partial charge < -0.3 is 14.7 Å². The highest BCUT2D eigenvalue weighted by Crippen LogP contribution is 2.39. The van der Waals surface area contributed by atoms with Gasteiger partial charge in [-0.15, -0.1) is 0 Å². The molecular weight excluding hydrogens is 346 g/mol. The maximum absolute atomic E-state index is 11.8. The lowest BCUT2D eigenvalue weighted by atomic mass is 10.2. The van der Waals surface area contributed by atoms with Gasteiger partial charge in [-0.25, -0.2) is 18.2 Å². The number of anilines is 2. The fourth-order valence-electron chi connectivity index (χ4n) is 2.56. The topological polar surface area (TPSA) is 100 Å². The summed E-state index contributed by atoms with van der Waals surface area (Å²) >= 11 is 0. The number of aromatic carboxylic acids is 1. The smallest absolute Gasteiger partial charge is 0.335 e. The Kier molecular flexibility index (Phi) is 5.89. The van der Waals surface area contributed by atoms with E-state index in [1.807, 2.05) is 4.90 Å². The minimum atomic E-state index is -3.54. The number of carbonyl (C=O) groups is 1. The number of pyridine rings is 1. The molecule has 2 rings (SSSR count). The van der Waals surface area contributed by atoms with Crippen molar-refractivity contribution in [1.82, 2.24) is 4.98 Å². The predicted molar refractivity (Wildman–Crippen MR) is 95.8 cm³/mol. The number of rotatable bonds is 9. The molecule has 0 amide bonds. The Morgan fingerprint density at radius 2 is 2.00 bits per heavy atom. The SMILES string of the molecule is COCCN(C[C@@H]1C[C@H]1C)c1cc(C(=O)O)cc(N(C)S(C)(=O)=O)n1. The van der Waals surface area contributed by atoms with Crippen molar-refractivity contribution in [3.8, 4) is 0 Å². The van der Waals surface area contributed by atoms with Gasteiger partial charge in [-0.1, -0.05) is 6.92 Å². The molecule has 1 aromatic heterocycles. The van der Waals surface area contributed by atoms with Gasteiger partial charge in [0.25, 0.3) is 0 Å². The van der Waals surface area contributed by atoms with E-state index in [0.29, 0.717) is 30.8 Å². The number of hydrogen-bond acceptors (Lipinski definition) is 6. The molecule has 1 aromatic rings. The number of aromatic nitrogens is 1. The van der Waals surface area contributed by atoms with E-state index in [-0.39, 0.29) is 11.4 Å². The second kappa shape index (κ2) is 7.57. The quantitative estimate of drug-likeness (QED) is 0.698. The van der Waals surface area contributed by atoms with Crippen LogP contribution in [0.5, 0.6) is 0 Å². The number of hydrogen-bond donors (Lipinski definition) is 1. The van der Waals surface area contributed by atoms with E-state index in [9.17, 15) is 18.3 Å². The molecule has 0 saturated heterocycles. The first-order valence-corrected chi connectivity index (χ1v) is 9.91. The highest BCUT2D eigenvalue weighted by Gasteiger charge is 2.34. The van der Waals surface area contributed by atoms with E-state index in [1.165, 1.54) is 19.2 Å². The molecule has 0 unspecified atom stereocenters. The van der Waals surface area contributed by atoms with Crippen LogP contribution >= 0.6 is 0 Å². The maximum Gasteiger partial charge on any atom is 0.335 e. The summed E-state index contributed by atoms with van der Waals surface area (Å²) < 4.78 is 29.7. The maximum atomic E-state index is 11.8. The van der Waals surface area contributed by atoms with Crippen molar-refractivity contribution in [2.24, 2.45) is 11.8 Å². The third-order valence-corrected chi connectivity index (χ3v) is 5.67. The minimum Gasteiger partial charge on any atom is -0.478 e. The summed E-state index contributed by atoms with van der Waals surface area (Å²) in [6.07, 6.45) is 2.18. The van der Waals surface area contributed by atoms with Gasteiger partial charge in [0.05, 0.1) is 18.4 Å². The van der Waals surface area contributed by atoms with Crippen molar-refractivity contribution in [3.63, 3.8) is 0 Å². The third-order valence-electron chi connectivity index (χ3n) is 4.49. The van der Waals surface area contributed by atoms with Crippen LogP contribution in [0.3, 0.4) is 0 Å². The predicted octanol–water partition coefficient (Wildman–Crippen LogP) is 1.28. The summed E-state index contributed by atoms with van der Waals surface area (Å²) in [4.78, 5) is 17.8. The second-order valence-corrected chi connectivity index (χ2v) is 8.53. The monoisotopic (exact) mass is 371 g/mol. The van der Waals surface area contributed by atoms with Crippen LogP contribution in [-0.2, 0) is 14.8 Å². The summed E-state index contributed by atoms with van der Waals surface area (Å²) in [6.45, 7) is 3.93. The largest absolute Gasteiger partial charge is 0.478 e. The fraction of sp³-hybridized carbons (Fsp3) is 0.625. The Hall–Kier alpha value is -1.87. The lowest BCUT2D eigenvalue weighted by Gasteiger charge is -2.26. The normalized spacial score (nSPS) is 19.5. The van der Waals surface area contributed by atoms with E-state index in [4.69, 9.17) is 4.74 Å². The van der Waals surface area contributed by atoms with Gasteiger partial charge in [0.15, 0.2) is 0 Å². The number of carboxylic acids is 1. The first-order valence-electron chi connectivity index (χ1n) is 8.06. The zero-order chi connectivity index (χ0) is 18.8. The van der Waals surface area contributed by atoms with Gasteiger partial charge in [-0.2, -0.15) is 0 Å². The van der Waals surface area contributed by atoms with Gasteiger partial charge in [0.2, 0.25) is 10.0 Å². The van der Waals surface area contributed by atoms with Crippen LogP contribution in [0.4, 0.5) is 11.6 Å². The van der Waals surface area contributed by atoms with Crippen molar-refractivity contribution in [1.29, 1.82) is 0 Å². The van der Waals surface area contributed by atoms with Crippen molar-refractivity contribution in [3.05, 3.63) is 17.7 Å². The molecule has 2 atom stereocenters. The average molecular weight is 371 g/mol. The standard InChI is InChI=1S/C16H25N3O5S/c1-11-7-13(11)10-19(5-6-24-3)15-9-12(16(20)21)8-14(17-15)18(2)25(4,22)23/h8-9,11,13H,5-7,10H2,1-4H3,(H,20,21)/t11-,13+/m1/s1. The van der Waals surface area contributed by atoms with Gasteiger partial charge in [-0.05, 0) is 30.4 Å². The molecule has 9 heteroatoms. The van der Waals surface area contributed by atoms with Crippen LogP contribution in [0, 0.1) is 11.8 Å². The third kappa shape index (κ3) is 5.05. The van der Waals surface area contributed by atoms with Crippen LogP contribution in [0.25, 0.3) is 0 Å². The summed E-state index contributed by atoms with van der Waals surface area (Å²) in [5, 5.41) is 9.37. The Bertz CT molecular complexity index is 737. The van der Waals surface area contributed by atoms with Crippen LogP contribution in [0.1, 0.15) is 23.7 Å². The van der Waals surface area contributed by atoms with E-state index in [2.05, 4.69) is 11.9 Å². The van der Waals surface area contributed by atoms with Crippen molar-refractivity contribution < 1.29 is 23.1 Å².